The molecule has 0 aromatic heterocycles. The second-order valence-corrected chi connectivity index (χ2v) is 7.21. The van der Waals surface area contributed by atoms with E-state index in [9.17, 15) is 14.4 Å². The smallest absolute Gasteiger partial charge is 0.308 e. The molecule has 0 fully saturated rings. The molecule has 0 saturated carbocycles. The summed E-state index contributed by atoms with van der Waals surface area (Å²) in [6.45, 7) is 3.95. The maximum atomic E-state index is 12.2. The summed E-state index contributed by atoms with van der Waals surface area (Å²) in [6, 6.07) is 13.3. The zero-order chi connectivity index (χ0) is 23.3. The number of amides is 2. The third kappa shape index (κ3) is 9.26. The molecule has 1 atom stereocenters. The van der Waals surface area contributed by atoms with Crippen molar-refractivity contribution in [3.8, 4) is 11.5 Å². The first-order valence-corrected chi connectivity index (χ1v) is 10.6. The first kappa shape index (κ1) is 25.0. The predicted octanol–water partition coefficient (Wildman–Crippen LogP) is 3.04. The quantitative estimate of drug-likeness (QED) is 0.371. The fourth-order valence-electron chi connectivity index (χ4n) is 2.77. The highest BCUT2D eigenvalue weighted by Gasteiger charge is 2.19. The van der Waals surface area contributed by atoms with Crippen molar-refractivity contribution >= 4 is 29.4 Å². The molecule has 2 aromatic carbocycles. The third-order valence-electron chi connectivity index (χ3n) is 4.21. The van der Waals surface area contributed by atoms with E-state index in [0.717, 1.165) is 5.75 Å². The Morgan fingerprint density at radius 2 is 1.59 bits per heavy atom. The molecule has 0 heterocycles. The van der Waals surface area contributed by atoms with Crippen LogP contribution >= 0.6 is 11.6 Å². The number of benzene rings is 2. The lowest BCUT2D eigenvalue weighted by molar-refractivity contribution is -0.149. The number of nitrogens with one attached hydrogen (secondary N) is 2. The van der Waals surface area contributed by atoms with Gasteiger partial charge in [-0.2, -0.15) is 0 Å². The number of carbonyl (C=O) groups is 3. The monoisotopic (exact) mass is 462 g/mol. The van der Waals surface area contributed by atoms with E-state index in [-0.39, 0.29) is 25.5 Å². The molecule has 2 amide bonds. The molecule has 2 rings (SSSR count). The molecule has 0 aliphatic carbocycles. The Labute approximate surface area is 192 Å². The average Bonchev–Trinajstić information content (AvgIpc) is 2.76. The van der Waals surface area contributed by atoms with Crippen LogP contribution in [-0.4, -0.2) is 44.1 Å². The SMILES string of the molecule is CCOc1ccc(OCCNC(=O)COC(=O)CC(NC(C)=O)c2ccc(Cl)cc2)cc1. The first-order chi connectivity index (χ1) is 15.4. The van der Waals surface area contributed by atoms with Crippen LogP contribution in [0.4, 0.5) is 0 Å². The normalized spacial score (nSPS) is 11.2. The van der Waals surface area contributed by atoms with Crippen molar-refractivity contribution in [2.75, 3.05) is 26.4 Å². The molecule has 0 aliphatic heterocycles. The van der Waals surface area contributed by atoms with Gasteiger partial charge in [0, 0.05) is 11.9 Å². The minimum atomic E-state index is -0.612. The standard InChI is InChI=1S/C23H27ClN2O6/c1-3-30-19-8-10-20(11-9-19)31-13-12-25-22(28)15-32-23(29)14-21(26-16(2)27)17-4-6-18(24)7-5-17/h4-11,21H,3,12-15H2,1-2H3,(H,25,28)(H,26,27). The summed E-state index contributed by atoms with van der Waals surface area (Å²) < 4.78 is 15.9. The van der Waals surface area contributed by atoms with E-state index in [4.69, 9.17) is 25.8 Å². The van der Waals surface area contributed by atoms with Crippen LogP contribution in [0, 0.1) is 0 Å². The minimum absolute atomic E-state index is 0.116. The molecule has 0 saturated heterocycles. The van der Waals surface area contributed by atoms with Crippen LogP contribution in [0.15, 0.2) is 48.5 Å². The van der Waals surface area contributed by atoms with Crippen LogP contribution in [-0.2, 0) is 19.1 Å². The van der Waals surface area contributed by atoms with E-state index in [1.807, 2.05) is 6.92 Å². The van der Waals surface area contributed by atoms with Crippen LogP contribution in [0.1, 0.15) is 31.9 Å². The molecule has 9 heteroatoms. The van der Waals surface area contributed by atoms with Crippen molar-refractivity contribution in [3.63, 3.8) is 0 Å². The molecule has 2 N–H and O–H groups in total. The zero-order valence-corrected chi connectivity index (χ0v) is 18.8. The second kappa shape index (κ2) is 13.2. The summed E-state index contributed by atoms with van der Waals surface area (Å²) in [6.07, 6.45) is -0.116. The molecule has 172 valence electrons. The number of ether oxygens (including phenoxy) is 3. The summed E-state index contributed by atoms with van der Waals surface area (Å²) in [4.78, 5) is 35.5. The van der Waals surface area contributed by atoms with Crippen molar-refractivity contribution in [3.05, 3.63) is 59.1 Å². The molecule has 0 spiro atoms. The Hall–Kier alpha value is -3.26. The molecule has 32 heavy (non-hydrogen) atoms. The predicted molar refractivity (Wildman–Crippen MR) is 120 cm³/mol. The van der Waals surface area contributed by atoms with Crippen LogP contribution in [0.2, 0.25) is 5.02 Å². The second-order valence-electron chi connectivity index (χ2n) is 6.77. The number of hydrogen-bond donors (Lipinski definition) is 2. The Bertz CT molecular complexity index is 886. The van der Waals surface area contributed by atoms with Gasteiger partial charge in [-0.05, 0) is 48.9 Å². The number of esters is 1. The van der Waals surface area contributed by atoms with Crippen LogP contribution in [0.3, 0.4) is 0 Å². The lowest BCUT2D eigenvalue weighted by Gasteiger charge is -2.17. The van der Waals surface area contributed by atoms with Crippen molar-refractivity contribution in [1.29, 1.82) is 0 Å². The van der Waals surface area contributed by atoms with Crippen LogP contribution in [0.25, 0.3) is 0 Å². The molecular weight excluding hydrogens is 436 g/mol. The van der Waals surface area contributed by atoms with Gasteiger partial charge in [0.05, 0.1) is 25.6 Å². The summed E-state index contributed by atoms with van der Waals surface area (Å²) in [7, 11) is 0. The van der Waals surface area contributed by atoms with Crippen molar-refractivity contribution in [2.24, 2.45) is 0 Å². The molecule has 1 unspecified atom stereocenters. The maximum absolute atomic E-state index is 12.2. The molecular formula is C23H27ClN2O6. The Balaban J connectivity index is 1.70. The van der Waals surface area contributed by atoms with Gasteiger partial charge in [0.15, 0.2) is 6.61 Å². The van der Waals surface area contributed by atoms with Gasteiger partial charge in [-0.1, -0.05) is 23.7 Å². The van der Waals surface area contributed by atoms with Crippen LogP contribution in [0.5, 0.6) is 11.5 Å². The number of hydrogen-bond acceptors (Lipinski definition) is 6. The summed E-state index contributed by atoms with van der Waals surface area (Å²) in [5.74, 6) is 0.0610. The largest absolute Gasteiger partial charge is 0.494 e. The van der Waals surface area contributed by atoms with Gasteiger partial charge in [-0.3, -0.25) is 14.4 Å². The minimum Gasteiger partial charge on any atom is -0.494 e. The molecule has 2 aromatic rings. The lowest BCUT2D eigenvalue weighted by Crippen LogP contribution is -2.33. The summed E-state index contributed by atoms with van der Waals surface area (Å²) in [5, 5.41) is 5.85. The Morgan fingerprint density at radius 1 is 0.969 bits per heavy atom. The van der Waals surface area contributed by atoms with E-state index in [0.29, 0.717) is 22.9 Å². The highest BCUT2D eigenvalue weighted by atomic mass is 35.5. The third-order valence-corrected chi connectivity index (χ3v) is 4.46. The molecule has 0 aliphatic rings. The van der Waals surface area contributed by atoms with E-state index >= 15 is 0 Å². The molecule has 0 bridgehead atoms. The molecule has 8 nitrogen and oxygen atoms in total. The van der Waals surface area contributed by atoms with E-state index in [2.05, 4.69) is 10.6 Å². The lowest BCUT2D eigenvalue weighted by atomic mass is 10.0. The molecule has 0 radical (unpaired) electrons. The summed E-state index contributed by atoms with van der Waals surface area (Å²) in [5.41, 5.74) is 0.706. The van der Waals surface area contributed by atoms with Crippen molar-refractivity contribution < 1.29 is 28.6 Å². The average molecular weight is 463 g/mol. The zero-order valence-electron chi connectivity index (χ0n) is 18.1. The highest BCUT2D eigenvalue weighted by Crippen LogP contribution is 2.20. The fourth-order valence-corrected chi connectivity index (χ4v) is 2.90. The van der Waals surface area contributed by atoms with Gasteiger partial charge in [0.25, 0.3) is 5.91 Å². The summed E-state index contributed by atoms with van der Waals surface area (Å²) >= 11 is 5.88. The Morgan fingerprint density at radius 3 is 2.19 bits per heavy atom. The fraction of sp³-hybridized carbons (Fsp3) is 0.348. The van der Waals surface area contributed by atoms with E-state index in [1.165, 1.54) is 6.92 Å². The number of carbonyl (C=O) groups excluding carboxylic acids is 3. The number of rotatable bonds is 12. The maximum Gasteiger partial charge on any atom is 0.308 e. The van der Waals surface area contributed by atoms with Gasteiger partial charge in [0.1, 0.15) is 18.1 Å². The van der Waals surface area contributed by atoms with E-state index in [1.54, 1.807) is 48.5 Å². The van der Waals surface area contributed by atoms with Crippen molar-refractivity contribution in [2.45, 2.75) is 26.3 Å². The van der Waals surface area contributed by atoms with Crippen molar-refractivity contribution in [1.82, 2.24) is 10.6 Å². The van der Waals surface area contributed by atoms with Gasteiger partial charge < -0.3 is 24.8 Å². The first-order valence-electron chi connectivity index (χ1n) is 10.2. The number of halogens is 1. The Kier molecular flexibility index (Phi) is 10.3. The van der Waals surface area contributed by atoms with Gasteiger partial charge in [0.2, 0.25) is 5.91 Å². The van der Waals surface area contributed by atoms with Gasteiger partial charge >= 0.3 is 5.97 Å². The van der Waals surface area contributed by atoms with Gasteiger partial charge in [-0.15, -0.1) is 0 Å². The highest BCUT2D eigenvalue weighted by molar-refractivity contribution is 6.30. The topological polar surface area (TPSA) is 103 Å². The van der Waals surface area contributed by atoms with E-state index < -0.39 is 24.5 Å². The van der Waals surface area contributed by atoms with Crippen LogP contribution < -0.4 is 20.1 Å². The van der Waals surface area contributed by atoms with Gasteiger partial charge in [-0.25, -0.2) is 0 Å².